The number of nitrogens with one attached hydrogen (secondary N) is 1. The number of hydrogen-bond acceptors (Lipinski definition) is 5. The van der Waals surface area contributed by atoms with Gasteiger partial charge in [0.2, 0.25) is 0 Å². The first-order valence-corrected chi connectivity index (χ1v) is 4.93. The highest BCUT2D eigenvalue weighted by atomic mass is 15.0. The third-order valence-corrected chi connectivity index (χ3v) is 1.75. The predicted octanol–water partition coefficient (Wildman–Crippen LogP) is 1.80. The van der Waals surface area contributed by atoms with Crippen molar-refractivity contribution < 1.29 is 0 Å². The Hall–Kier alpha value is -1.78. The van der Waals surface area contributed by atoms with Crippen molar-refractivity contribution in [3.63, 3.8) is 0 Å². The molecule has 0 spiro atoms. The van der Waals surface area contributed by atoms with E-state index in [1.165, 1.54) is 6.33 Å². The number of hydrogen-bond donors (Lipinski definition) is 1. The number of aromatic nitrogens is 4. The van der Waals surface area contributed by atoms with E-state index in [-0.39, 0.29) is 0 Å². The second-order valence-electron chi connectivity index (χ2n) is 2.63. The molecule has 0 aliphatic carbocycles. The molecular weight excluding hydrogens is 190 g/mol. The molecule has 5 nitrogen and oxygen atoms in total. The Bertz CT molecular complexity index is 441. The molecular formula is C10H15N5. The molecule has 0 aromatic carbocycles. The van der Waals surface area contributed by atoms with E-state index in [9.17, 15) is 0 Å². The summed E-state index contributed by atoms with van der Waals surface area (Å²) in [4.78, 5) is 16.4. The van der Waals surface area contributed by atoms with E-state index in [1.54, 1.807) is 6.20 Å². The first-order valence-electron chi connectivity index (χ1n) is 4.93. The van der Waals surface area contributed by atoms with Crippen molar-refractivity contribution in [2.45, 2.75) is 20.8 Å². The Labute approximate surface area is 89.0 Å². The Kier molecular flexibility index (Phi) is 3.91. The van der Waals surface area contributed by atoms with Crippen LogP contribution in [0.25, 0.3) is 11.0 Å². The highest BCUT2D eigenvalue weighted by Gasteiger charge is 2.02. The summed E-state index contributed by atoms with van der Waals surface area (Å²) in [6, 6.07) is 0. The third-order valence-electron chi connectivity index (χ3n) is 1.75. The summed E-state index contributed by atoms with van der Waals surface area (Å²) >= 11 is 0. The van der Waals surface area contributed by atoms with Crippen LogP contribution in [0.4, 0.5) is 5.82 Å². The minimum absolute atomic E-state index is 0.673. The largest absolute Gasteiger partial charge is 0.372 e. The van der Waals surface area contributed by atoms with Crippen LogP contribution in [0.5, 0.6) is 0 Å². The summed E-state index contributed by atoms with van der Waals surface area (Å²) in [5.74, 6) is 1.47. The normalized spacial score (nSPS) is 9.33. The Morgan fingerprint density at radius 1 is 1.13 bits per heavy atom. The zero-order chi connectivity index (χ0) is 11.3. The maximum Gasteiger partial charge on any atom is 0.168 e. The van der Waals surface area contributed by atoms with Gasteiger partial charge in [-0.15, -0.1) is 0 Å². The first kappa shape index (κ1) is 11.3. The zero-order valence-electron chi connectivity index (χ0n) is 9.44. The SMILES string of the molecule is CC.CNc1ncnc2nc(C)ncc12. The predicted molar refractivity (Wildman–Crippen MR) is 60.8 cm³/mol. The molecule has 0 saturated carbocycles. The van der Waals surface area contributed by atoms with Gasteiger partial charge < -0.3 is 5.32 Å². The van der Waals surface area contributed by atoms with Crippen LogP contribution in [-0.2, 0) is 0 Å². The number of rotatable bonds is 1. The van der Waals surface area contributed by atoms with Crippen molar-refractivity contribution in [3.8, 4) is 0 Å². The molecule has 15 heavy (non-hydrogen) atoms. The molecule has 2 rings (SSSR count). The molecule has 2 aromatic rings. The summed E-state index contributed by atoms with van der Waals surface area (Å²) in [5, 5.41) is 3.80. The van der Waals surface area contributed by atoms with Crippen LogP contribution in [-0.4, -0.2) is 27.0 Å². The quantitative estimate of drug-likeness (QED) is 0.769. The molecule has 0 bridgehead atoms. The van der Waals surface area contributed by atoms with Gasteiger partial charge in [0.25, 0.3) is 0 Å². The number of aryl methyl sites for hydroxylation is 1. The molecule has 0 amide bonds. The smallest absolute Gasteiger partial charge is 0.168 e. The van der Waals surface area contributed by atoms with Crippen LogP contribution in [0.2, 0.25) is 0 Å². The van der Waals surface area contributed by atoms with Crippen molar-refractivity contribution in [1.29, 1.82) is 0 Å². The standard InChI is InChI=1S/C8H9N5.C2H6/c1-5-10-3-6-7(9-2)11-4-12-8(6)13-5;1-2/h3-4H,1-2H3,(H,9,10,11,12,13);1-2H3. The van der Waals surface area contributed by atoms with E-state index < -0.39 is 0 Å². The number of anilines is 1. The van der Waals surface area contributed by atoms with Crippen molar-refractivity contribution >= 4 is 16.9 Å². The maximum atomic E-state index is 4.18. The van der Waals surface area contributed by atoms with Crippen LogP contribution in [0.15, 0.2) is 12.5 Å². The fraction of sp³-hybridized carbons (Fsp3) is 0.400. The van der Waals surface area contributed by atoms with E-state index in [4.69, 9.17) is 0 Å². The van der Waals surface area contributed by atoms with Crippen LogP contribution >= 0.6 is 0 Å². The minimum atomic E-state index is 0.673. The number of fused-ring (bicyclic) bond motifs is 1. The fourth-order valence-corrected chi connectivity index (χ4v) is 1.13. The summed E-state index contributed by atoms with van der Waals surface area (Å²) < 4.78 is 0. The molecule has 0 aliphatic rings. The topological polar surface area (TPSA) is 63.6 Å². The van der Waals surface area contributed by atoms with Gasteiger partial charge >= 0.3 is 0 Å². The van der Waals surface area contributed by atoms with Crippen molar-refractivity contribution in [3.05, 3.63) is 18.3 Å². The summed E-state index contributed by atoms with van der Waals surface area (Å²) in [6.07, 6.45) is 3.21. The lowest BCUT2D eigenvalue weighted by Crippen LogP contribution is -1.98. The molecule has 80 valence electrons. The lowest BCUT2D eigenvalue weighted by atomic mass is 10.3. The Morgan fingerprint density at radius 2 is 1.87 bits per heavy atom. The average molecular weight is 205 g/mol. The van der Waals surface area contributed by atoms with Crippen LogP contribution in [0.1, 0.15) is 19.7 Å². The Morgan fingerprint density at radius 3 is 2.53 bits per heavy atom. The summed E-state index contributed by atoms with van der Waals surface area (Å²) in [7, 11) is 1.81. The van der Waals surface area contributed by atoms with Gasteiger partial charge in [-0.05, 0) is 6.92 Å². The molecule has 0 aliphatic heterocycles. The monoisotopic (exact) mass is 205 g/mol. The summed E-state index contributed by atoms with van der Waals surface area (Å²) in [6.45, 7) is 5.83. The van der Waals surface area contributed by atoms with Gasteiger partial charge in [0, 0.05) is 13.2 Å². The van der Waals surface area contributed by atoms with Gasteiger partial charge in [-0.2, -0.15) is 0 Å². The van der Waals surface area contributed by atoms with Crippen LogP contribution < -0.4 is 5.32 Å². The van der Waals surface area contributed by atoms with Crippen molar-refractivity contribution in [2.24, 2.45) is 0 Å². The molecule has 0 radical (unpaired) electrons. The molecule has 5 heteroatoms. The average Bonchev–Trinajstić information content (AvgIpc) is 2.30. The highest BCUT2D eigenvalue weighted by molar-refractivity contribution is 5.85. The zero-order valence-corrected chi connectivity index (χ0v) is 9.44. The second-order valence-corrected chi connectivity index (χ2v) is 2.63. The van der Waals surface area contributed by atoms with Crippen LogP contribution in [0, 0.1) is 6.92 Å². The van der Waals surface area contributed by atoms with E-state index >= 15 is 0 Å². The van der Waals surface area contributed by atoms with Gasteiger partial charge in [-0.3, -0.25) is 0 Å². The van der Waals surface area contributed by atoms with E-state index in [1.807, 2.05) is 27.8 Å². The molecule has 0 unspecified atom stereocenters. The molecule has 2 heterocycles. The van der Waals surface area contributed by atoms with E-state index in [0.717, 1.165) is 11.2 Å². The van der Waals surface area contributed by atoms with Crippen LogP contribution in [0.3, 0.4) is 0 Å². The van der Waals surface area contributed by atoms with E-state index in [2.05, 4.69) is 25.3 Å². The third kappa shape index (κ3) is 2.37. The van der Waals surface area contributed by atoms with Gasteiger partial charge in [-0.1, -0.05) is 13.8 Å². The second kappa shape index (κ2) is 5.19. The van der Waals surface area contributed by atoms with Crippen molar-refractivity contribution in [1.82, 2.24) is 19.9 Å². The van der Waals surface area contributed by atoms with E-state index in [0.29, 0.717) is 11.5 Å². The van der Waals surface area contributed by atoms with Gasteiger partial charge in [-0.25, -0.2) is 19.9 Å². The Balaban J connectivity index is 0.000000531. The van der Waals surface area contributed by atoms with Gasteiger partial charge in [0.05, 0.1) is 5.39 Å². The van der Waals surface area contributed by atoms with Gasteiger partial charge in [0.15, 0.2) is 5.65 Å². The maximum absolute atomic E-state index is 4.18. The lowest BCUT2D eigenvalue weighted by Gasteiger charge is -2.02. The van der Waals surface area contributed by atoms with Gasteiger partial charge in [0.1, 0.15) is 18.0 Å². The molecule has 1 N–H and O–H groups in total. The molecule has 0 saturated heterocycles. The van der Waals surface area contributed by atoms with Crippen molar-refractivity contribution in [2.75, 3.05) is 12.4 Å². The first-order chi connectivity index (χ1) is 7.31. The molecule has 2 aromatic heterocycles. The minimum Gasteiger partial charge on any atom is -0.372 e. The highest BCUT2D eigenvalue weighted by Crippen LogP contribution is 2.14. The fourth-order valence-electron chi connectivity index (χ4n) is 1.13. The molecule has 0 fully saturated rings. The lowest BCUT2D eigenvalue weighted by molar-refractivity contribution is 1.06. The molecule has 0 atom stereocenters. The summed E-state index contributed by atoms with van der Waals surface area (Å²) in [5.41, 5.74) is 0.673. The number of nitrogens with zero attached hydrogens (tertiary/aromatic N) is 4.